The fourth-order valence-electron chi connectivity index (χ4n) is 3.86. The van der Waals surface area contributed by atoms with Crippen molar-refractivity contribution < 1.29 is 39.0 Å². The number of carbonyl (C=O) groups is 6. The van der Waals surface area contributed by atoms with Crippen LogP contribution in [0.1, 0.15) is 26.8 Å². The number of aryl methyl sites for hydroxylation is 2. The molecular weight excluding hydrogens is 506 g/mol. The molecule has 1 aromatic heterocycles. The zero-order valence-electron chi connectivity index (χ0n) is 20.0. The summed E-state index contributed by atoms with van der Waals surface area (Å²) in [7, 11) is 0. The van der Waals surface area contributed by atoms with Crippen molar-refractivity contribution in [2.75, 3.05) is 29.5 Å². The lowest BCUT2D eigenvalue weighted by Gasteiger charge is -2.25. The van der Waals surface area contributed by atoms with E-state index in [1.165, 1.54) is 12.1 Å². The van der Waals surface area contributed by atoms with Crippen LogP contribution in [0, 0.1) is 13.8 Å². The van der Waals surface area contributed by atoms with Crippen LogP contribution in [-0.4, -0.2) is 82.9 Å². The van der Waals surface area contributed by atoms with Crippen LogP contribution in [0.3, 0.4) is 0 Å². The van der Waals surface area contributed by atoms with E-state index in [4.69, 9.17) is 5.11 Å². The zero-order valence-corrected chi connectivity index (χ0v) is 20.8. The summed E-state index contributed by atoms with van der Waals surface area (Å²) in [5, 5.41) is 24.0. The average molecular weight is 532 g/mol. The van der Waals surface area contributed by atoms with Gasteiger partial charge in [0.1, 0.15) is 30.4 Å². The number of aliphatic carboxylic acids is 1. The number of aliphatic hydroxyl groups is 1. The van der Waals surface area contributed by atoms with E-state index in [0.29, 0.717) is 10.7 Å². The second-order valence-corrected chi connectivity index (χ2v) is 9.36. The van der Waals surface area contributed by atoms with Gasteiger partial charge < -0.3 is 30.5 Å². The minimum absolute atomic E-state index is 0.145. The van der Waals surface area contributed by atoms with Crippen molar-refractivity contribution >= 4 is 58.6 Å². The van der Waals surface area contributed by atoms with Crippen molar-refractivity contribution in [1.82, 2.24) is 15.6 Å². The van der Waals surface area contributed by atoms with Crippen LogP contribution in [0.2, 0.25) is 0 Å². The second-order valence-electron chi connectivity index (χ2n) is 8.16. The molecule has 2 aromatic rings. The van der Waals surface area contributed by atoms with Crippen LogP contribution in [0.4, 0.5) is 11.4 Å². The number of amides is 4. The van der Waals surface area contributed by atoms with E-state index in [2.05, 4.69) is 15.6 Å². The van der Waals surface area contributed by atoms with E-state index in [9.17, 15) is 33.9 Å². The topological polar surface area (TPSA) is 186 Å². The van der Waals surface area contributed by atoms with Crippen molar-refractivity contribution in [3.63, 3.8) is 0 Å². The molecular formula is C23H25N5O8S. The summed E-state index contributed by atoms with van der Waals surface area (Å²) in [5.74, 6) is -4.21. The van der Waals surface area contributed by atoms with Gasteiger partial charge >= 0.3 is 5.97 Å². The van der Waals surface area contributed by atoms with Crippen molar-refractivity contribution in [1.29, 1.82) is 0 Å². The Morgan fingerprint density at radius 3 is 2.46 bits per heavy atom. The molecule has 0 radical (unpaired) electrons. The minimum atomic E-state index is -1.32. The highest BCUT2D eigenvalue weighted by Gasteiger charge is 2.38. The number of thiazole rings is 1. The molecule has 0 saturated heterocycles. The fraction of sp³-hybridized carbons (Fsp3) is 0.348. The maximum atomic E-state index is 13.6. The van der Waals surface area contributed by atoms with Gasteiger partial charge in [0.15, 0.2) is 0 Å². The quantitative estimate of drug-likeness (QED) is 0.306. The number of hydrogen-bond donors (Lipinski definition) is 4. The summed E-state index contributed by atoms with van der Waals surface area (Å²) < 4.78 is 0. The summed E-state index contributed by atoms with van der Waals surface area (Å²) >= 11 is 1.13. The number of aliphatic hydroxyl groups excluding tert-OH is 1. The molecule has 1 aliphatic heterocycles. The van der Waals surface area contributed by atoms with Crippen LogP contribution < -0.4 is 20.4 Å². The zero-order chi connectivity index (χ0) is 27.3. The Morgan fingerprint density at radius 1 is 1.22 bits per heavy atom. The normalized spacial score (nSPS) is 15.9. The highest BCUT2D eigenvalue weighted by atomic mass is 32.1. The molecule has 1 aromatic carbocycles. The van der Waals surface area contributed by atoms with Gasteiger partial charge in [0, 0.05) is 0 Å². The van der Waals surface area contributed by atoms with E-state index < -0.39 is 61.3 Å². The number of para-hydroxylation sites is 2. The van der Waals surface area contributed by atoms with Crippen LogP contribution in [-0.2, 0) is 24.0 Å². The molecule has 4 N–H and O–H groups in total. The smallest absolute Gasteiger partial charge is 0.305 e. The van der Waals surface area contributed by atoms with Gasteiger partial charge in [-0.05, 0) is 26.0 Å². The van der Waals surface area contributed by atoms with Crippen LogP contribution in [0.5, 0.6) is 0 Å². The first kappa shape index (κ1) is 27.4. The van der Waals surface area contributed by atoms with E-state index in [0.717, 1.165) is 21.1 Å². The maximum absolute atomic E-state index is 13.6. The van der Waals surface area contributed by atoms with Gasteiger partial charge in [-0.25, -0.2) is 4.98 Å². The Hall–Kier alpha value is -4.17. The van der Waals surface area contributed by atoms with Gasteiger partial charge in [-0.1, -0.05) is 12.1 Å². The van der Waals surface area contributed by atoms with Crippen molar-refractivity contribution in [3.05, 3.63) is 39.8 Å². The first-order valence-electron chi connectivity index (χ1n) is 11.1. The molecule has 3 rings (SSSR count). The Morgan fingerprint density at radius 2 is 1.89 bits per heavy atom. The summed E-state index contributed by atoms with van der Waals surface area (Å²) in [4.78, 5) is 80.8. The third-order valence-corrected chi connectivity index (χ3v) is 6.52. The summed E-state index contributed by atoms with van der Waals surface area (Å²) in [5.41, 5.74) is 0.816. The number of nitrogens with one attached hydrogen (secondary N) is 2. The number of carboxylic acid groups (broad SMARTS) is 1. The third-order valence-electron chi connectivity index (χ3n) is 5.45. The number of benzene rings is 1. The summed E-state index contributed by atoms with van der Waals surface area (Å²) in [6.45, 7) is 1.54. The van der Waals surface area contributed by atoms with Crippen molar-refractivity contribution in [2.24, 2.45) is 0 Å². The number of rotatable bonds is 9. The number of hydrogen-bond acceptors (Lipinski definition) is 9. The number of aromatic nitrogens is 1. The fourth-order valence-corrected chi connectivity index (χ4v) is 4.68. The monoisotopic (exact) mass is 531 g/mol. The van der Waals surface area contributed by atoms with Crippen LogP contribution >= 0.6 is 11.3 Å². The lowest BCUT2D eigenvalue weighted by molar-refractivity contribution is -0.139. The molecule has 37 heavy (non-hydrogen) atoms. The Kier molecular flexibility index (Phi) is 8.68. The molecule has 1 aliphatic rings. The predicted octanol–water partition coefficient (Wildman–Crippen LogP) is -0.611. The van der Waals surface area contributed by atoms with E-state index in [-0.39, 0.29) is 29.1 Å². The molecule has 0 unspecified atom stereocenters. The third kappa shape index (κ3) is 6.34. The number of fused-ring (bicyclic) bond motifs is 1. The molecule has 0 bridgehead atoms. The van der Waals surface area contributed by atoms with Gasteiger partial charge in [0.2, 0.25) is 5.91 Å². The second kappa shape index (κ2) is 11.7. The number of nitrogens with zero attached hydrogens (tertiary/aromatic N) is 3. The van der Waals surface area contributed by atoms with Gasteiger partial charge in [0.05, 0.1) is 41.1 Å². The molecule has 0 spiro atoms. The lowest BCUT2D eigenvalue weighted by Crippen LogP contribution is -2.55. The molecule has 4 amide bonds. The highest BCUT2D eigenvalue weighted by molar-refractivity contribution is 7.13. The standard InChI is InChI=1S/C23H25N5O8S/c1-12-21(37-13(2)24-12)22(35)26-15-8-27(19(32)11-30)16-5-3-4-6-17(16)28(23(15)36)9-18(31)25-14(10-29)7-20(33)34/h3-6,10,14-15,30H,7-9,11H2,1-2H3,(H,25,31)(H,26,35)(H,33,34)/t14-,15-/m0/s1. The first-order valence-corrected chi connectivity index (χ1v) is 11.9. The Labute approximate surface area is 215 Å². The molecule has 14 heteroatoms. The predicted molar refractivity (Wildman–Crippen MR) is 131 cm³/mol. The highest BCUT2D eigenvalue weighted by Crippen LogP contribution is 2.33. The van der Waals surface area contributed by atoms with E-state index >= 15 is 0 Å². The SMILES string of the molecule is Cc1nc(C)c(C(=O)N[C@H]2CN(C(=O)CO)c3ccccc3N(CC(=O)N[C@H](C=O)CC(=O)O)C2=O)s1. The molecule has 0 aliphatic carbocycles. The minimum Gasteiger partial charge on any atom is -0.481 e. The van der Waals surface area contributed by atoms with E-state index in [1.807, 2.05) is 0 Å². The van der Waals surface area contributed by atoms with Gasteiger partial charge in [0.25, 0.3) is 17.7 Å². The number of aldehydes is 1. The van der Waals surface area contributed by atoms with Crippen molar-refractivity contribution in [2.45, 2.75) is 32.4 Å². The lowest BCUT2D eigenvalue weighted by atomic mass is 10.2. The van der Waals surface area contributed by atoms with E-state index in [1.54, 1.807) is 26.0 Å². The average Bonchev–Trinajstić information content (AvgIpc) is 3.16. The summed E-state index contributed by atoms with van der Waals surface area (Å²) in [6, 6.07) is 3.53. The largest absolute Gasteiger partial charge is 0.481 e. The molecule has 2 atom stereocenters. The molecule has 196 valence electrons. The number of anilines is 2. The van der Waals surface area contributed by atoms with Gasteiger partial charge in [-0.2, -0.15) is 0 Å². The van der Waals surface area contributed by atoms with Gasteiger partial charge in [-0.15, -0.1) is 11.3 Å². The number of carboxylic acids is 1. The van der Waals surface area contributed by atoms with Crippen LogP contribution in [0.25, 0.3) is 0 Å². The first-order chi connectivity index (χ1) is 17.5. The molecule has 0 fully saturated rings. The molecule has 0 saturated carbocycles. The van der Waals surface area contributed by atoms with Crippen LogP contribution in [0.15, 0.2) is 24.3 Å². The van der Waals surface area contributed by atoms with Crippen molar-refractivity contribution in [3.8, 4) is 0 Å². The maximum Gasteiger partial charge on any atom is 0.305 e. The number of carbonyl (C=O) groups excluding carboxylic acids is 5. The van der Waals surface area contributed by atoms with Gasteiger partial charge in [-0.3, -0.25) is 28.9 Å². The summed E-state index contributed by atoms with van der Waals surface area (Å²) in [6.07, 6.45) is -0.376. The Balaban J connectivity index is 1.97. The molecule has 13 nitrogen and oxygen atoms in total. The Bertz CT molecular complexity index is 1250. The molecule has 2 heterocycles.